The lowest BCUT2D eigenvalue weighted by Crippen LogP contribution is -2.13. The molecular weight excluding hydrogens is 244 g/mol. The molecule has 1 heteroatoms. The van der Waals surface area contributed by atoms with Gasteiger partial charge in [0.25, 0.3) is 0 Å². The summed E-state index contributed by atoms with van der Waals surface area (Å²) < 4.78 is 0. The first kappa shape index (κ1) is 14.8. The lowest BCUT2D eigenvalue weighted by molar-refractivity contribution is 0.225. The molecule has 1 nitrogen and oxygen atoms in total. The van der Waals surface area contributed by atoms with Crippen LogP contribution in [0, 0.1) is 12.8 Å². The summed E-state index contributed by atoms with van der Waals surface area (Å²) >= 11 is 0. The molecular formula is C19H24O. The molecule has 0 aliphatic carbocycles. The van der Waals surface area contributed by atoms with Crippen molar-refractivity contribution in [1.82, 2.24) is 0 Å². The Kier molecular flexibility index (Phi) is 5.37. The van der Waals surface area contributed by atoms with Crippen LogP contribution in [-0.4, -0.2) is 11.7 Å². The van der Waals surface area contributed by atoms with Gasteiger partial charge >= 0.3 is 0 Å². The summed E-state index contributed by atoms with van der Waals surface area (Å²) in [6, 6.07) is 17.3. The molecule has 106 valence electrons. The predicted octanol–water partition coefficient (Wildman–Crippen LogP) is 3.95. The normalized spacial score (nSPS) is 12.3. The molecule has 1 N–H and O–H groups in total. The Hall–Kier alpha value is -1.60. The average Bonchev–Trinajstić information content (AvgIpc) is 2.47. The van der Waals surface area contributed by atoms with Gasteiger partial charge in [0.1, 0.15) is 0 Å². The van der Waals surface area contributed by atoms with Crippen molar-refractivity contribution < 1.29 is 5.11 Å². The van der Waals surface area contributed by atoms with Crippen molar-refractivity contribution in [3.63, 3.8) is 0 Å². The fraction of sp³-hybridized carbons (Fsp3) is 0.368. The van der Waals surface area contributed by atoms with Gasteiger partial charge in [0.2, 0.25) is 0 Å². The SMILES string of the molecule is CCc1ccc(CC(CO)Cc2cccc(C)c2)cc1. The minimum Gasteiger partial charge on any atom is -0.396 e. The van der Waals surface area contributed by atoms with Gasteiger partial charge < -0.3 is 5.11 Å². The Bertz CT molecular complexity index is 528. The third-order valence-corrected chi connectivity index (χ3v) is 3.82. The van der Waals surface area contributed by atoms with Crippen LogP contribution in [0.4, 0.5) is 0 Å². The first-order valence-corrected chi connectivity index (χ1v) is 7.45. The van der Waals surface area contributed by atoms with E-state index < -0.39 is 0 Å². The third-order valence-electron chi connectivity index (χ3n) is 3.82. The molecule has 0 amide bonds. The van der Waals surface area contributed by atoms with Crippen molar-refractivity contribution in [2.45, 2.75) is 33.1 Å². The average molecular weight is 268 g/mol. The second-order valence-electron chi connectivity index (χ2n) is 5.62. The molecule has 0 aromatic heterocycles. The first-order chi connectivity index (χ1) is 9.71. The van der Waals surface area contributed by atoms with Crippen LogP contribution < -0.4 is 0 Å². The van der Waals surface area contributed by atoms with Gasteiger partial charge in [-0.25, -0.2) is 0 Å². The van der Waals surface area contributed by atoms with Crippen LogP contribution in [0.3, 0.4) is 0 Å². The highest BCUT2D eigenvalue weighted by atomic mass is 16.3. The third kappa shape index (κ3) is 4.21. The fourth-order valence-corrected chi connectivity index (χ4v) is 2.62. The van der Waals surface area contributed by atoms with Gasteiger partial charge in [-0.3, -0.25) is 0 Å². The van der Waals surface area contributed by atoms with Gasteiger partial charge in [0.15, 0.2) is 0 Å². The molecule has 0 aliphatic rings. The molecule has 0 spiro atoms. The standard InChI is InChI=1S/C19H24O/c1-3-16-7-9-17(10-8-16)12-19(14-20)13-18-6-4-5-15(2)11-18/h4-11,19-20H,3,12-14H2,1-2H3. The summed E-state index contributed by atoms with van der Waals surface area (Å²) in [7, 11) is 0. The Morgan fingerprint density at radius 1 is 0.900 bits per heavy atom. The molecule has 0 bridgehead atoms. The molecule has 2 aromatic carbocycles. The van der Waals surface area contributed by atoms with Crippen molar-refractivity contribution in [3.8, 4) is 0 Å². The number of aliphatic hydroxyl groups is 1. The van der Waals surface area contributed by atoms with Gasteiger partial charge in [-0.15, -0.1) is 0 Å². The highest BCUT2D eigenvalue weighted by Crippen LogP contribution is 2.16. The number of hydrogen-bond acceptors (Lipinski definition) is 1. The fourth-order valence-electron chi connectivity index (χ4n) is 2.62. The van der Waals surface area contributed by atoms with Crippen LogP contribution >= 0.6 is 0 Å². The Labute approximate surface area is 122 Å². The zero-order chi connectivity index (χ0) is 14.4. The lowest BCUT2D eigenvalue weighted by atomic mass is 9.92. The van der Waals surface area contributed by atoms with E-state index in [-0.39, 0.29) is 6.61 Å². The molecule has 1 unspecified atom stereocenters. The van der Waals surface area contributed by atoms with Gasteiger partial charge in [-0.1, -0.05) is 61.0 Å². The van der Waals surface area contributed by atoms with Gasteiger partial charge in [0, 0.05) is 6.61 Å². The number of aryl methyl sites for hydroxylation is 2. The Morgan fingerprint density at radius 2 is 1.55 bits per heavy atom. The van der Waals surface area contributed by atoms with E-state index >= 15 is 0 Å². The van der Waals surface area contributed by atoms with Crippen LogP contribution in [0.1, 0.15) is 29.2 Å². The second kappa shape index (κ2) is 7.25. The first-order valence-electron chi connectivity index (χ1n) is 7.45. The Balaban J connectivity index is 2.01. The van der Waals surface area contributed by atoms with E-state index in [1.165, 1.54) is 22.3 Å². The van der Waals surface area contributed by atoms with E-state index in [0.29, 0.717) is 5.92 Å². The number of benzene rings is 2. The molecule has 0 fully saturated rings. The minimum absolute atomic E-state index is 0.240. The van der Waals surface area contributed by atoms with E-state index in [1.807, 2.05) is 0 Å². The molecule has 2 rings (SSSR count). The minimum atomic E-state index is 0.240. The van der Waals surface area contributed by atoms with Crippen molar-refractivity contribution in [2.75, 3.05) is 6.61 Å². The largest absolute Gasteiger partial charge is 0.396 e. The maximum Gasteiger partial charge on any atom is 0.0465 e. The van der Waals surface area contributed by atoms with Crippen molar-refractivity contribution in [1.29, 1.82) is 0 Å². The van der Waals surface area contributed by atoms with E-state index in [0.717, 1.165) is 19.3 Å². The van der Waals surface area contributed by atoms with Gasteiger partial charge in [0.05, 0.1) is 0 Å². The van der Waals surface area contributed by atoms with Crippen LogP contribution in [-0.2, 0) is 19.3 Å². The highest BCUT2D eigenvalue weighted by molar-refractivity contribution is 5.25. The second-order valence-corrected chi connectivity index (χ2v) is 5.62. The maximum absolute atomic E-state index is 9.62. The predicted molar refractivity (Wildman–Crippen MR) is 85.0 cm³/mol. The van der Waals surface area contributed by atoms with Crippen LogP contribution in [0.5, 0.6) is 0 Å². The lowest BCUT2D eigenvalue weighted by Gasteiger charge is -2.15. The number of aliphatic hydroxyl groups excluding tert-OH is 1. The maximum atomic E-state index is 9.62. The van der Waals surface area contributed by atoms with Gasteiger partial charge in [-0.2, -0.15) is 0 Å². The summed E-state index contributed by atoms with van der Waals surface area (Å²) in [6.45, 7) is 4.52. The number of rotatable bonds is 6. The molecule has 0 aliphatic heterocycles. The van der Waals surface area contributed by atoms with Crippen molar-refractivity contribution in [2.24, 2.45) is 5.92 Å². The monoisotopic (exact) mass is 268 g/mol. The molecule has 0 saturated heterocycles. The number of hydrogen-bond donors (Lipinski definition) is 1. The summed E-state index contributed by atoms with van der Waals surface area (Å²) in [5.41, 5.74) is 5.28. The zero-order valence-corrected chi connectivity index (χ0v) is 12.5. The van der Waals surface area contributed by atoms with Crippen molar-refractivity contribution in [3.05, 3.63) is 70.8 Å². The van der Waals surface area contributed by atoms with Crippen LogP contribution in [0.2, 0.25) is 0 Å². The summed E-state index contributed by atoms with van der Waals surface area (Å²) in [4.78, 5) is 0. The summed E-state index contributed by atoms with van der Waals surface area (Å²) in [6.07, 6.45) is 2.95. The van der Waals surface area contributed by atoms with Crippen molar-refractivity contribution >= 4 is 0 Å². The smallest absolute Gasteiger partial charge is 0.0465 e. The molecule has 0 saturated carbocycles. The van der Waals surface area contributed by atoms with Gasteiger partial charge in [-0.05, 0) is 48.8 Å². The molecule has 2 aromatic rings. The van der Waals surface area contributed by atoms with E-state index in [2.05, 4.69) is 62.4 Å². The molecule has 20 heavy (non-hydrogen) atoms. The molecule has 0 radical (unpaired) electrons. The van der Waals surface area contributed by atoms with Crippen LogP contribution in [0.25, 0.3) is 0 Å². The van der Waals surface area contributed by atoms with E-state index in [4.69, 9.17) is 0 Å². The summed E-state index contributed by atoms with van der Waals surface area (Å²) in [5.74, 6) is 0.296. The summed E-state index contributed by atoms with van der Waals surface area (Å²) in [5, 5.41) is 9.62. The Morgan fingerprint density at radius 3 is 2.15 bits per heavy atom. The topological polar surface area (TPSA) is 20.2 Å². The molecule has 0 heterocycles. The van der Waals surface area contributed by atoms with E-state index in [9.17, 15) is 5.11 Å². The molecule has 1 atom stereocenters. The quantitative estimate of drug-likeness (QED) is 0.841. The van der Waals surface area contributed by atoms with E-state index in [1.54, 1.807) is 0 Å². The van der Waals surface area contributed by atoms with Crippen LogP contribution in [0.15, 0.2) is 48.5 Å². The highest BCUT2D eigenvalue weighted by Gasteiger charge is 2.10. The zero-order valence-electron chi connectivity index (χ0n) is 12.5.